The number of aromatic nitrogens is 6. The van der Waals surface area contributed by atoms with Crippen molar-refractivity contribution in [1.29, 1.82) is 0 Å². The summed E-state index contributed by atoms with van der Waals surface area (Å²) in [6.45, 7) is 1.85. The molecular weight excluding hydrogens is 282 g/mol. The van der Waals surface area contributed by atoms with E-state index in [4.69, 9.17) is 0 Å². The molecule has 0 saturated heterocycles. The van der Waals surface area contributed by atoms with E-state index < -0.39 is 0 Å². The highest BCUT2D eigenvalue weighted by Gasteiger charge is 2.21. The number of rotatable bonds is 3. The maximum atomic E-state index is 12.0. The van der Waals surface area contributed by atoms with Gasteiger partial charge in [-0.25, -0.2) is 14.5 Å². The average Bonchev–Trinajstić information content (AvgIpc) is 3.07. The Morgan fingerprint density at radius 1 is 1.27 bits per heavy atom. The second kappa shape index (κ2) is 4.83. The van der Waals surface area contributed by atoms with Gasteiger partial charge >= 0.3 is 0 Å². The molecule has 3 aromatic rings. The zero-order valence-corrected chi connectivity index (χ0v) is 12.0. The highest BCUT2D eigenvalue weighted by Crippen LogP contribution is 2.21. The molecule has 1 aliphatic rings. The molecule has 110 valence electrons. The first-order valence-electron chi connectivity index (χ1n) is 7.01. The molecule has 3 aromatic heterocycles. The van der Waals surface area contributed by atoms with Crippen LogP contribution in [0.5, 0.6) is 0 Å². The molecule has 0 aromatic carbocycles. The molecule has 22 heavy (non-hydrogen) atoms. The molecule has 0 atom stereocenters. The van der Waals surface area contributed by atoms with Gasteiger partial charge in [-0.2, -0.15) is 14.8 Å². The maximum absolute atomic E-state index is 12.0. The van der Waals surface area contributed by atoms with E-state index in [9.17, 15) is 4.79 Å². The molecule has 0 unspecified atom stereocenters. The zero-order valence-electron chi connectivity index (χ0n) is 12.0. The first-order chi connectivity index (χ1) is 10.7. The summed E-state index contributed by atoms with van der Waals surface area (Å²) in [5, 5.41) is 8.49. The second-order valence-electron chi connectivity index (χ2n) is 5.20. The normalized spacial score (nSPS) is 14.2. The molecule has 8 nitrogen and oxygen atoms in total. The molecule has 4 heterocycles. The lowest BCUT2D eigenvalue weighted by Gasteiger charge is -2.11. The maximum Gasteiger partial charge on any atom is 0.254 e. The van der Waals surface area contributed by atoms with Crippen LogP contribution in [0.3, 0.4) is 0 Å². The van der Waals surface area contributed by atoms with Crippen molar-refractivity contribution in [3.63, 3.8) is 0 Å². The van der Waals surface area contributed by atoms with Crippen LogP contribution < -0.4 is 0 Å². The first-order valence-corrected chi connectivity index (χ1v) is 7.01. The van der Waals surface area contributed by atoms with E-state index in [-0.39, 0.29) is 5.91 Å². The minimum Gasteiger partial charge on any atom is -0.272 e. The number of carbonyl (C=O) groups excluding carboxylic acids is 1. The van der Waals surface area contributed by atoms with Crippen LogP contribution in [0.25, 0.3) is 5.78 Å². The summed E-state index contributed by atoms with van der Waals surface area (Å²) in [4.78, 5) is 25.0. The van der Waals surface area contributed by atoms with Crippen molar-refractivity contribution in [2.24, 2.45) is 4.99 Å². The van der Waals surface area contributed by atoms with Crippen molar-refractivity contribution in [1.82, 2.24) is 29.4 Å². The Balaban J connectivity index is 1.54. The van der Waals surface area contributed by atoms with Gasteiger partial charge in [0, 0.05) is 30.6 Å². The minimum atomic E-state index is -0.0438. The number of aryl methyl sites for hydroxylation is 2. The number of hydrogen-bond acceptors (Lipinski definition) is 6. The van der Waals surface area contributed by atoms with Crippen molar-refractivity contribution in [2.45, 2.75) is 26.2 Å². The Labute approximate surface area is 125 Å². The predicted molar refractivity (Wildman–Crippen MR) is 78.4 cm³/mol. The molecular formula is C14H13N7O. The van der Waals surface area contributed by atoms with E-state index in [1.807, 2.05) is 19.2 Å². The summed E-state index contributed by atoms with van der Waals surface area (Å²) in [6.07, 6.45) is 5.05. The van der Waals surface area contributed by atoms with Gasteiger partial charge < -0.3 is 0 Å². The smallest absolute Gasteiger partial charge is 0.254 e. The van der Waals surface area contributed by atoms with Crippen molar-refractivity contribution >= 4 is 23.2 Å². The Morgan fingerprint density at radius 2 is 2.18 bits per heavy atom. The second-order valence-corrected chi connectivity index (χ2v) is 5.20. The third-order valence-electron chi connectivity index (χ3n) is 3.47. The van der Waals surface area contributed by atoms with Crippen LogP contribution in [-0.4, -0.2) is 41.0 Å². The van der Waals surface area contributed by atoms with Gasteiger partial charge in [0.1, 0.15) is 0 Å². The quantitative estimate of drug-likeness (QED) is 0.728. The van der Waals surface area contributed by atoms with Crippen LogP contribution in [0.4, 0.5) is 5.82 Å². The lowest BCUT2D eigenvalue weighted by atomic mass is 10.1. The van der Waals surface area contributed by atoms with Crippen molar-refractivity contribution in [3.8, 4) is 0 Å². The van der Waals surface area contributed by atoms with E-state index in [2.05, 4.69) is 25.2 Å². The van der Waals surface area contributed by atoms with E-state index in [0.717, 1.165) is 11.4 Å². The number of fused-ring (bicyclic) bond motifs is 2. The SMILES string of the molecule is Cc1cc2n(n1)C(=O)CC(CCc1nc3ncccn3n1)=N2. The van der Waals surface area contributed by atoms with Crippen LogP contribution in [0, 0.1) is 6.92 Å². The number of aliphatic imine (C=N–C) groups is 1. The highest BCUT2D eigenvalue weighted by molar-refractivity contribution is 6.05. The third kappa shape index (κ3) is 2.18. The summed E-state index contributed by atoms with van der Waals surface area (Å²) < 4.78 is 3.01. The number of hydrogen-bond donors (Lipinski definition) is 0. The fourth-order valence-corrected chi connectivity index (χ4v) is 2.48. The third-order valence-corrected chi connectivity index (χ3v) is 3.47. The van der Waals surface area contributed by atoms with E-state index in [1.165, 1.54) is 4.68 Å². The lowest BCUT2D eigenvalue weighted by Crippen LogP contribution is -2.21. The molecule has 0 spiro atoms. The molecule has 0 saturated carbocycles. The molecule has 0 N–H and O–H groups in total. The van der Waals surface area contributed by atoms with E-state index >= 15 is 0 Å². The molecule has 8 heteroatoms. The van der Waals surface area contributed by atoms with Gasteiger partial charge in [-0.3, -0.25) is 4.79 Å². The van der Waals surface area contributed by atoms with Gasteiger partial charge in [-0.15, -0.1) is 5.10 Å². The van der Waals surface area contributed by atoms with E-state index in [0.29, 0.717) is 36.7 Å². The predicted octanol–water partition coefficient (Wildman–Crippen LogP) is 1.38. The molecule has 4 rings (SSSR count). The summed E-state index contributed by atoms with van der Waals surface area (Å²) in [5.41, 5.74) is 1.63. The average molecular weight is 295 g/mol. The number of carbonyl (C=O) groups is 1. The minimum absolute atomic E-state index is 0.0438. The van der Waals surface area contributed by atoms with Crippen molar-refractivity contribution in [2.75, 3.05) is 0 Å². The van der Waals surface area contributed by atoms with Gasteiger partial charge in [0.25, 0.3) is 11.7 Å². The molecule has 0 bridgehead atoms. The Morgan fingerprint density at radius 3 is 3.05 bits per heavy atom. The molecule has 0 fully saturated rings. The highest BCUT2D eigenvalue weighted by atomic mass is 16.2. The summed E-state index contributed by atoms with van der Waals surface area (Å²) >= 11 is 0. The number of nitrogens with zero attached hydrogens (tertiary/aromatic N) is 7. The summed E-state index contributed by atoms with van der Waals surface area (Å²) in [5.74, 6) is 1.84. The van der Waals surface area contributed by atoms with Crippen molar-refractivity contribution < 1.29 is 4.79 Å². The van der Waals surface area contributed by atoms with Crippen LogP contribution in [0.1, 0.15) is 29.2 Å². The largest absolute Gasteiger partial charge is 0.272 e. The Bertz CT molecular complexity index is 872. The van der Waals surface area contributed by atoms with E-state index in [1.54, 1.807) is 16.8 Å². The van der Waals surface area contributed by atoms with Gasteiger partial charge in [0.2, 0.25) is 0 Å². The van der Waals surface area contributed by atoms with Gasteiger partial charge in [0.05, 0.1) is 12.1 Å². The van der Waals surface area contributed by atoms with Gasteiger partial charge in [-0.1, -0.05) is 0 Å². The zero-order chi connectivity index (χ0) is 15.1. The van der Waals surface area contributed by atoms with Crippen LogP contribution in [0.15, 0.2) is 29.5 Å². The molecule has 0 amide bonds. The van der Waals surface area contributed by atoms with Crippen LogP contribution >= 0.6 is 0 Å². The van der Waals surface area contributed by atoms with Gasteiger partial charge in [0.15, 0.2) is 11.6 Å². The van der Waals surface area contributed by atoms with Crippen LogP contribution in [-0.2, 0) is 6.42 Å². The topological polar surface area (TPSA) is 90.3 Å². The molecule has 1 aliphatic heterocycles. The first kappa shape index (κ1) is 12.8. The summed E-state index contributed by atoms with van der Waals surface area (Å²) in [7, 11) is 0. The van der Waals surface area contributed by atoms with Crippen LogP contribution in [0.2, 0.25) is 0 Å². The van der Waals surface area contributed by atoms with Crippen molar-refractivity contribution in [3.05, 3.63) is 36.0 Å². The summed E-state index contributed by atoms with van der Waals surface area (Å²) in [6, 6.07) is 3.61. The molecule has 0 radical (unpaired) electrons. The fraction of sp³-hybridized carbons (Fsp3) is 0.286. The fourth-order valence-electron chi connectivity index (χ4n) is 2.48. The molecule has 0 aliphatic carbocycles. The Kier molecular flexibility index (Phi) is 2.81. The monoisotopic (exact) mass is 295 g/mol. The Hall–Kier alpha value is -2.90. The lowest BCUT2D eigenvalue weighted by molar-refractivity contribution is 0.0905. The van der Waals surface area contributed by atoms with Gasteiger partial charge in [-0.05, 0) is 19.4 Å². The standard InChI is InChI=1S/C14H13N7O/c1-9-7-12-16-10(8-13(22)21(12)18-9)3-4-11-17-14-15-5-2-6-20(14)19-11/h2,5-7H,3-4,8H2,1H3.